The first kappa shape index (κ1) is 13.7. The van der Waals surface area contributed by atoms with Crippen LogP contribution in [0.3, 0.4) is 0 Å². The van der Waals surface area contributed by atoms with Gasteiger partial charge in [0.15, 0.2) is 0 Å². The summed E-state index contributed by atoms with van der Waals surface area (Å²) in [6.45, 7) is 0. The molecule has 0 radical (unpaired) electrons. The number of hydrogen-bond donors (Lipinski definition) is 1. The summed E-state index contributed by atoms with van der Waals surface area (Å²) in [4.78, 5) is 16.6. The van der Waals surface area contributed by atoms with Crippen LogP contribution in [0.5, 0.6) is 0 Å². The third-order valence-electron chi connectivity index (χ3n) is 4.08. The Bertz CT molecular complexity index is 856. The van der Waals surface area contributed by atoms with Gasteiger partial charge in [-0.05, 0) is 29.8 Å². The van der Waals surface area contributed by atoms with Gasteiger partial charge in [-0.2, -0.15) is 0 Å². The lowest BCUT2D eigenvalue weighted by Gasteiger charge is -2.23. The van der Waals surface area contributed by atoms with Gasteiger partial charge in [0.05, 0.1) is 5.69 Å². The van der Waals surface area contributed by atoms with E-state index in [0.29, 0.717) is 12.2 Å². The van der Waals surface area contributed by atoms with Crippen molar-refractivity contribution in [3.63, 3.8) is 0 Å². The normalized spacial score (nSPS) is 16.7. The number of imidazole rings is 1. The minimum atomic E-state index is -0.297. The first-order valence-corrected chi connectivity index (χ1v) is 7.40. The zero-order chi connectivity index (χ0) is 15.8. The highest BCUT2D eigenvalue weighted by molar-refractivity contribution is 5.94. The Kier molecular flexibility index (Phi) is 3.19. The van der Waals surface area contributed by atoms with Crippen LogP contribution in [0.1, 0.15) is 23.6 Å². The van der Waals surface area contributed by atoms with Gasteiger partial charge in [0.25, 0.3) is 0 Å². The second-order valence-electron chi connectivity index (χ2n) is 5.54. The van der Waals surface area contributed by atoms with Crippen LogP contribution < -0.4 is 5.32 Å². The molecule has 4 nitrogen and oxygen atoms in total. The van der Waals surface area contributed by atoms with E-state index >= 15 is 0 Å². The van der Waals surface area contributed by atoms with Crippen molar-refractivity contribution in [1.82, 2.24) is 9.55 Å². The van der Waals surface area contributed by atoms with Crippen LogP contribution in [0, 0.1) is 5.82 Å². The molecule has 1 aliphatic heterocycles. The van der Waals surface area contributed by atoms with Crippen molar-refractivity contribution in [3.05, 3.63) is 78.0 Å². The molecule has 3 aromatic rings. The fourth-order valence-corrected chi connectivity index (χ4v) is 2.97. The molecule has 1 atom stereocenters. The largest absolute Gasteiger partial charge is 0.310 e. The predicted molar refractivity (Wildman–Crippen MR) is 85.1 cm³/mol. The summed E-state index contributed by atoms with van der Waals surface area (Å²) >= 11 is 0. The molecule has 0 saturated carbocycles. The van der Waals surface area contributed by atoms with E-state index in [9.17, 15) is 9.18 Å². The maximum Gasteiger partial charge on any atom is 0.226 e. The Morgan fingerprint density at radius 3 is 2.57 bits per heavy atom. The molecule has 0 unspecified atom stereocenters. The first-order valence-electron chi connectivity index (χ1n) is 7.40. The van der Waals surface area contributed by atoms with Crippen molar-refractivity contribution in [2.45, 2.75) is 12.3 Å². The van der Waals surface area contributed by atoms with Gasteiger partial charge >= 0.3 is 0 Å². The molecule has 0 spiro atoms. The molecular weight excluding hydrogens is 293 g/mol. The van der Waals surface area contributed by atoms with Crippen LogP contribution in [-0.2, 0) is 4.79 Å². The Morgan fingerprint density at radius 1 is 1.09 bits per heavy atom. The van der Waals surface area contributed by atoms with Gasteiger partial charge in [-0.25, -0.2) is 9.37 Å². The van der Waals surface area contributed by atoms with Gasteiger partial charge in [-0.3, -0.25) is 9.36 Å². The monoisotopic (exact) mass is 307 g/mol. The lowest BCUT2D eigenvalue weighted by atomic mass is 9.90. The Labute approximate surface area is 132 Å². The zero-order valence-electron chi connectivity index (χ0n) is 12.2. The van der Waals surface area contributed by atoms with Gasteiger partial charge in [-0.1, -0.05) is 30.3 Å². The topological polar surface area (TPSA) is 46.9 Å². The maximum atomic E-state index is 13.1. The lowest BCUT2D eigenvalue weighted by Crippen LogP contribution is -2.24. The number of anilines is 1. The summed E-state index contributed by atoms with van der Waals surface area (Å²) in [5.74, 6) is 0.243. The standard InChI is InChI=1S/C18H14FN3O/c19-13-6-8-14(9-7-13)22-11-20-17-15(10-16(23)21-18(17)22)12-4-2-1-3-5-12/h1-9,11,15H,10H2,(H,21,23)/t15-/m1/s1. The minimum Gasteiger partial charge on any atom is -0.310 e. The van der Waals surface area contributed by atoms with E-state index in [1.807, 2.05) is 30.3 Å². The number of aromatic nitrogens is 2. The number of hydrogen-bond acceptors (Lipinski definition) is 2. The van der Waals surface area contributed by atoms with E-state index < -0.39 is 0 Å². The molecule has 1 amide bonds. The number of fused-ring (bicyclic) bond motifs is 1. The molecular formula is C18H14FN3O. The fraction of sp³-hybridized carbons (Fsp3) is 0.111. The van der Waals surface area contributed by atoms with Crippen LogP contribution in [0.15, 0.2) is 60.9 Å². The Morgan fingerprint density at radius 2 is 1.83 bits per heavy atom. The van der Waals surface area contributed by atoms with E-state index in [2.05, 4.69) is 10.3 Å². The molecule has 114 valence electrons. The molecule has 2 aromatic carbocycles. The van der Waals surface area contributed by atoms with Crippen molar-refractivity contribution in [2.24, 2.45) is 0 Å². The predicted octanol–water partition coefficient (Wildman–Crippen LogP) is 3.49. The Hall–Kier alpha value is -2.95. The van der Waals surface area contributed by atoms with Crippen molar-refractivity contribution < 1.29 is 9.18 Å². The molecule has 0 saturated heterocycles. The third kappa shape index (κ3) is 2.40. The minimum absolute atomic E-state index is 0.0461. The molecule has 2 heterocycles. The fourth-order valence-electron chi connectivity index (χ4n) is 2.97. The molecule has 4 rings (SSSR count). The maximum absolute atomic E-state index is 13.1. The van der Waals surface area contributed by atoms with Gasteiger partial charge in [0.1, 0.15) is 18.0 Å². The van der Waals surface area contributed by atoms with Crippen LogP contribution >= 0.6 is 0 Å². The van der Waals surface area contributed by atoms with Gasteiger partial charge < -0.3 is 5.32 Å². The molecule has 0 fully saturated rings. The molecule has 1 N–H and O–H groups in total. The number of nitrogens with one attached hydrogen (secondary N) is 1. The molecule has 0 aliphatic carbocycles. The van der Waals surface area contributed by atoms with Crippen molar-refractivity contribution in [1.29, 1.82) is 0 Å². The van der Waals surface area contributed by atoms with Gasteiger partial charge in [-0.15, -0.1) is 0 Å². The SMILES string of the molecule is O=C1C[C@H](c2ccccc2)c2ncn(-c3ccc(F)cc3)c2N1. The molecule has 1 aromatic heterocycles. The molecule has 1 aliphatic rings. The second-order valence-corrected chi connectivity index (χ2v) is 5.54. The van der Waals surface area contributed by atoms with Crippen molar-refractivity contribution in [3.8, 4) is 5.69 Å². The quantitative estimate of drug-likeness (QED) is 0.788. The number of nitrogens with zero attached hydrogens (tertiary/aromatic N) is 2. The number of benzene rings is 2. The van der Waals surface area contributed by atoms with E-state index in [1.165, 1.54) is 12.1 Å². The highest BCUT2D eigenvalue weighted by atomic mass is 19.1. The van der Waals surface area contributed by atoms with E-state index in [-0.39, 0.29) is 17.6 Å². The van der Waals surface area contributed by atoms with Crippen LogP contribution in [0.2, 0.25) is 0 Å². The number of amides is 1. The first-order chi connectivity index (χ1) is 11.2. The molecule has 0 bridgehead atoms. The summed E-state index contributed by atoms with van der Waals surface area (Å²) in [6, 6.07) is 16.0. The number of carbonyl (C=O) groups excluding carboxylic acids is 1. The van der Waals surface area contributed by atoms with Crippen LogP contribution in [0.4, 0.5) is 10.2 Å². The summed E-state index contributed by atoms with van der Waals surface area (Å²) in [5.41, 5.74) is 2.65. The zero-order valence-corrected chi connectivity index (χ0v) is 12.2. The van der Waals surface area contributed by atoms with E-state index in [4.69, 9.17) is 0 Å². The van der Waals surface area contributed by atoms with Crippen LogP contribution in [0.25, 0.3) is 5.69 Å². The van der Waals surface area contributed by atoms with Gasteiger partial charge in [0.2, 0.25) is 5.91 Å². The smallest absolute Gasteiger partial charge is 0.226 e. The Balaban J connectivity index is 1.81. The lowest BCUT2D eigenvalue weighted by molar-refractivity contribution is -0.116. The van der Waals surface area contributed by atoms with Crippen molar-refractivity contribution in [2.75, 3.05) is 5.32 Å². The summed E-state index contributed by atoms with van der Waals surface area (Å²) in [5, 5.41) is 2.89. The van der Waals surface area contributed by atoms with E-state index in [1.54, 1.807) is 23.0 Å². The average Bonchev–Trinajstić information content (AvgIpc) is 2.99. The second kappa shape index (κ2) is 5.35. The summed E-state index contributed by atoms with van der Waals surface area (Å²) < 4.78 is 14.9. The summed E-state index contributed by atoms with van der Waals surface area (Å²) in [6.07, 6.45) is 2.04. The highest BCUT2D eigenvalue weighted by Crippen LogP contribution is 2.37. The number of carbonyl (C=O) groups is 1. The van der Waals surface area contributed by atoms with Crippen molar-refractivity contribution >= 4 is 11.7 Å². The number of rotatable bonds is 2. The third-order valence-corrected chi connectivity index (χ3v) is 4.08. The summed E-state index contributed by atoms with van der Waals surface area (Å²) in [7, 11) is 0. The highest BCUT2D eigenvalue weighted by Gasteiger charge is 2.30. The van der Waals surface area contributed by atoms with E-state index in [0.717, 1.165) is 16.9 Å². The average molecular weight is 307 g/mol. The van der Waals surface area contributed by atoms with Gasteiger partial charge in [0, 0.05) is 18.0 Å². The molecule has 23 heavy (non-hydrogen) atoms. The van der Waals surface area contributed by atoms with Crippen LogP contribution in [-0.4, -0.2) is 15.5 Å². The number of halogens is 1. The molecule has 5 heteroatoms.